The number of anilines is 1. The number of carbonyl (C=O) groups excluding carboxylic acids is 4. The summed E-state index contributed by atoms with van der Waals surface area (Å²) in [6.45, 7) is 15.2. The van der Waals surface area contributed by atoms with Gasteiger partial charge in [-0.05, 0) is 97.4 Å². The Bertz CT molecular complexity index is 2830. The summed E-state index contributed by atoms with van der Waals surface area (Å²) in [7, 11) is 6.19. The Morgan fingerprint density at radius 1 is 0.901 bits per heavy atom. The first-order valence-corrected chi connectivity index (χ1v) is 25.5. The number of nitrogens with one attached hydrogen (secondary N) is 2. The van der Waals surface area contributed by atoms with Crippen molar-refractivity contribution in [1.82, 2.24) is 20.1 Å². The number of rotatable bonds is 9. The Labute approximate surface area is 417 Å². The van der Waals surface area contributed by atoms with Crippen LogP contribution in [0, 0.1) is 11.3 Å². The van der Waals surface area contributed by atoms with Gasteiger partial charge in [-0.1, -0.05) is 77.1 Å². The van der Waals surface area contributed by atoms with Crippen molar-refractivity contribution in [3.05, 3.63) is 106 Å². The minimum absolute atomic E-state index is 0.0560. The maximum absolute atomic E-state index is 15.8. The number of amides is 1. The van der Waals surface area contributed by atoms with E-state index in [1.807, 2.05) is 67.4 Å². The zero-order valence-electron chi connectivity index (χ0n) is 43.1. The average molecular weight is 970 g/mol. The van der Waals surface area contributed by atoms with Crippen LogP contribution in [-0.4, -0.2) is 134 Å². The second-order valence-corrected chi connectivity index (χ2v) is 22.5. The van der Waals surface area contributed by atoms with Crippen molar-refractivity contribution in [2.75, 3.05) is 66.0 Å². The summed E-state index contributed by atoms with van der Waals surface area (Å²) >= 11 is 0. The van der Waals surface area contributed by atoms with E-state index in [0.29, 0.717) is 88.1 Å². The van der Waals surface area contributed by atoms with E-state index in [4.69, 9.17) is 18.9 Å². The lowest BCUT2D eigenvalue weighted by molar-refractivity contribution is -0.228. The number of hydrogen-bond donors (Lipinski definition) is 3. The number of methoxy groups -OCH3 is 3. The largest absolute Gasteiger partial charge is 0.496 e. The molecule has 6 aliphatic rings. The minimum atomic E-state index is -2.33. The van der Waals surface area contributed by atoms with Crippen LogP contribution in [0.3, 0.4) is 0 Å². The first kappa shape index (κ1) is 48.9. The number of aromatic nitrogens is 1. The third-order valence-corrected chi connectivity index (χ3v) is 18.0. The molecule has 14 heteroatoms. The van der Waals surface area contributed by atoms with Crippen LogP contribution in [0.15, 0.2) is 72.8 Å². The van der Waals surface area contributed by atoms with E-state index >= 15 is 4.79 Å². The predicted octanol–water partition coefficient (Wildman–Crippen LogP) is 6.73. The van der Waals surface area contributed by atoms with E-state index in [9.17, 15) is 19.5 Å². The number of ether oxygens (including phenoxy) is 4. The van der Waals surface area contributed by atoms with E-state index in [1.54, 1.807) is 7.11 Å². The van der Waals surface area contributed by atoms with E-state index in [-0.39, 0.29) is 23.3 Å². The summed E-state index contributed by atoms with van der Waals surface area (Å²) in [4.78, 5) is 68.5. The number of piperidine rings is 1. The molecule has 71 heavy (non-hydrogen) atoms. The van der Waals surface area contributed by atoms with Crippen LogP contribution in [0.25, 0.3) is 10.9 Å². The molecule has 1 aliphatic carbocycles. The fraction of sp³-hybridized carbons (Fsp3) is 0.544. The van der Waals surface area contributed by atoms with E-state index in [0.717, 1.165) is 39.0 Å². The van der Waals surface area contributed by atoms with Crippen molar-refractivity contribution < 1.29 is 43.2 Å². The van der Waals surface area contributed by atoms with Gasteiger partial charge in [-0.2, -0.15) is 0 Å². The SMILES string of the molecule is CC[C@]1(NC(=O)c2ccc(C(C)(C)C)cc2)C[C@H]2CN(CCc3c([nH]c4ccccc34)[C@@](C(=O)OC)(c3cc4c(cc3OC)N(C)[C@H]3[C@@](O)(C(=O)OC)[C@H](OC(C)=O)[C@]5(CC)C=CCN6CC[C@]43[C@@H]65)C2)C1. The van der Waals surface area contributed by atoms with Gasteiger partial charge < -0.3 is 44.2 Å². The lowest BCUT2D eigenvalue weighted by atomic mass is 9.47. The summed E-state index contributed by atoms with van der Waals surface area (Å²) in [6.07, 6.45) is 6.03. The highest BCUT2D eigenvalue weighted by molar-refractivity contribution is 5.96. The highest BCUT2D eigenvalue weighted by Gasteiger charge is 2.80. The molecule has 2 bridgehead atoms. The van der Waals surface area contributed by atoms with Crippen LogP contribution in [0.5, 0.6) is 5.75 Å². The topological polar surface area (TPSA) is 163 Å². The molecule has 6 heterocycles. The molecule has 0 radical (unpaired) electrons. The number of likely N-dealkylation sites (N-methyl/N-ethyl adjacent to an activating group) is 1. The molecule has 3 fully saturated rings. The molecule has 3 aromatic carbocycles. The Morgan fingerprint density at radius 3 is 2.30 bits per heavy atom. The summed E-state index contributed by atoms with van der Waals surface area (Å²) in [6, 6.07) is 18.9. The summed E-state index contributed by atoms with van der Waals surface area (Å²) in [5.74, 6) is -1.76. The average Bonchev–Trinajstić information content (AvgIpc) is 4.02. The third-order valence-electron chi connectivity index (χ3n) is 18.0. The second-order valence-electron chi connectivity index (χ2n) is 22.5. The Kier molecular flexibility index (Phi) is 11.9. The van der Waals surface area contributed by atoms with Crippen molar-refractivity contribution in [2.45, 2.75) is 126 Å². The number of carbonyl (C=O) groups is 4. The Hall–Kier alpha value is -5.70. The maximum atomic E-state index is 15.8. The number of H-pyrrole nitrogens is 1. The molecule has 3 N–H and O–H groups in total. The van der Waals surface area contributed by atoms with Crippen LogP contribution in [0.2, 0.25) is 0 Å². The van der Waals surface area contributed by atoms with Crippen LogP contribution < -0.4 is 15.0 Å². The predicted molar refractivity (Wildman–Crippen MR) is 271 cm³/mol. The number of fused-ring (bicyclic) bond motifs is 6. The lowest BCUT2D eigenvalue weighted by Crippen LogP contribution is -2.81. The first-order chi connectivity index (χ1) is 33.8. The molecular formula is C57H71N5O9. The van der Waals surface area contributed by atoms with Gasteiger partial charge in [0.15, 0.2) is 6.10 Å². The number of aromatic amines is 1. The van der Waals surface area contributed by atoms with Gasteiger partial charge in [0, 0.05) is 96.5 Å². The molecule has 378 valence electrons. The van der Waals surface area contributed by atoms with Crippen LogP contribution >= 0.6 is 0 Å². The van der Waals surface area contributed by atoms with E-state index in [1.165, 1.54) is 21.1 Å². The maximum Gasteiger partial charge on any atom is 0.344 e. The van der Waals surface area contributed by atoms with Crippen molar-refractivity contribution in [3.63, 3.8) is 0 Å². The van der Waals surface area contributed by atoms with Gasteiger partial charge in [-0.15, -0.1) is 0 Å². The monoisotopic (exact) mass is 970 g/mol. The molecule has 1 unspecified atom stereocenters. The van der Waals surface area contributed by atoms with E-state index in [2.05, 4.69) is 72.1 Å². The number of para-hydroxylation sites is 1. The zero-order valence-corrected chi connectivity index (χ0v) is 43.1. The normalized spacial score (nSPS) is 32.8. The smallest absolute Gasteiger partial charge is 0.344 e. The molecule has 5 aliphatic heterocycles. The fourth-order valence-electron chi connectivity index (χ4n) is 15.1. The molecule has 10 rings (SSSR count). The van der Waals surface area contributed by atoms with Gasteiger partial charge in [-0.3, -0.25) is 19.3 Å². The number of hydrogen-bond acceptors (Lipinski definition) is 12. The lowest BCUT2D eigenvalue weighted by Gasteiger charge is -2.63. The first-order valence-electron chi connectivity index (χ1n) is 25.5. The van der Waals surface area contributed by atoms with Crippen molar-refractivity contribution in [2.24, 2.45) is 11.3 Å². The van der Waals surface area contributed by atoms with Gasteiger partial charge in [0.2, 0.25) is 5.60 Å². The van der Waals surface area contributed by atoms with E-state index < -0.39 is 57.4 Å². The highest BCUT2D eigenvalue weighted by Crippen LogP contribution is 2.68. The Balaban J connectivity index is 1.19. The number of benzene rings is 3. The minimum Gasteiger partial charge on any atom is -0.496 e. The van der Waals surface area contributed by atoms with Gasteiger partial charge in [-0.25, -0.2) is 4.79 Å². The van der Waals surface area contributed by atoms with Crippen LogP contribution in [-0.2, 0) is 51.3 Å². The summed E-state index contributed by atoms with van der Waals surface area (Å²) in [5.41, 5.74) is 0.164. The molecule has 2 saturated heterocycles. The van der Waals surface area contributed by atoms with Crippen molar-refractivity contribution in [3.8, 4) is 5.75 Å². The van der Waals surface area contributed by atoms with Gasteiger partial charge in [0.1, 0.15) is 11.2 Å². The molecular weight excluding hydrogens is 899 g/mol. The fourth-order valence-corrected chi connectivity index (χ4v) is 15.1. The van der Waals surface area contributed by atoms with Gasteiger partial charge >= 0.3 is 17.9 Å². The molecule has 1 amide bonds. The van der Waals surface area contributed by atoms with Crippen LogP contribution in [0.1, 0.15) is 112 Å². The quantitative estimate of drug-likeness (QED) is 0.0924. The summed E-state index contributed by atoms with van der Waals surface area (Å²) in [5, 5.41) is 18.1. The third kappa shape index (κ3) is 6.96. The molecule has 4 aromatic rings. The standard InChI is InChI=1S/C57H71N5O9/c1-11-53(59-46(64)36-18-20-37(21-19-36)52(4,5)6)30-35-31-56(50(65)69-9,45-39(22-26-61(32-35)33-53)38-16-13-14-17-42(38)58-45)41-28-40-43(29-44(41)68-8)60(7)48-55(40)24-27-62-25-15-23-54(12-2,47(55)62)49(71-34(3)63)57(48,67)51(66)70-10/h13-21,23,28-29,35,47-49,58,67H,11-12,22,24-27,30-33H2,1-10H3,(H,59,64)/t35-,47+,48-,49-,53+,54-,55-,56+,57+/m1/s1. The molecule has 1 aromatic heterocycles. The second kappa shape index (κ2) is 17.2. The van der Waals surface area contributed by atoms with Crippen molar-refractivity contribution in [1.29, 1.82) is 0 Å². The van der Waals surface area contributed by atoms with Gasteiger partial charge in [0.05, 0.1) is 32.9 Å². The number of esters is 3. The number of nitrogens with zero attached hydrogens (tertiary/aromatic N) is 3. The Morgan fingerprint density at radius 2 is 1.63 bits per heavy atom. The van der Waals surface area contributed by atoms with Crippen molar-refractivity contribution >= 4 is 40.4 Å². The molecule has 10 atom stereocenters. The summed E-state index contributed by atoms with van der Waals surface area (Å²) < 4.78 is 24.3. The molecule has 14 nitrogen and oxygen atoms in total. The number of aliphatic hydroxyl groups is 1. The zero-order chi connectivity index (χ0) is 50.6. The van der Waals surface area contributed by atoms with Gasteiger partial charge in [0.25, 0.3) is 5.91 Å². The van der Waals surface area contributed by atoms with Crippen LogP contribution in [0.4, 0.5) is 5.69 Å². The highest BCUT2D eigenvalue weighted by atomic mass is 16.6. The molecule has 1 saturated carbocycles. The molecule has 1 spiro atoms.